The molecule has 186 valence electrons. The van der Waals surface area contributed by atoms with Crippen LogP contribution in [0, 0.1) is 0 Å². The molecular formula is C26H19ClF3NO5. The van der Waals surface area contributed by atoms with Crippen LogP contribution in [-0.2, 0) is 15.8 Å². The highest BCUT2D eigenvalue weighted by Crippen LogP contribution is 2.45. The van der Waals surface area contributed by atoms with E-state index in [0.29, 0.717) is 16.3 Å². The Morgan fingerprint density at radius 2 is 1.61 bits per heavy atom. The van der Waals surface area contributed by atoms with Crippen LogP contribution in [0.4, 0.5) is 18.9 Å². The molecule has 1 fully saturated rings. The van der Waals surface area contributed by atoms with Gasteiger partial charge in [0.2, 0.25) is 0 Å². The predicted molar refractivity (Wildman–Crippen MR) is 127 cm³/mol. The Hall–Kier alpha value is -3.98. The lowest BCUT2D eigenvalue weighted by atomic mass is 9.94. The van der Waals surface area contributed by atoms with E-state index in [2.05, 4.69) is 0 Å². The van der Waals surface area contributed by atoms with Crippen LogP contribution in [0.25, 0.3) is 5.76 Å². The van der Waals surface area contributed by atoms with Crippen LogP contribution in [0.3, 0.4) is 0 Å². The van der Waals surface area contributed by atoms with E-state index in [9.17, 15) is 27.9 Å². The van der Waals surface area contributed by atoms with Crippen molar-refractivity contribution in [1.29, 1.82) is 0 Å². The van der Waals surface area contributed by atoms with Gasteiger partial charge in [-0.15, -0.1) is 0 Å². The molecule has 0 radical (unpaired) electrons. The van der Waals surface area contributed by atoms with Crippen molar-refractivity contribution >= 4 is 34.7 Å². The van der Waals surface area contributed by atoms with Gasteiger partial charge in [-0.3, -0.25) is 14.5 Å². The van der Waals surface area contributed by atoms with Crippen molar-refractivity contribution in [2.45, 2.75) is 12.2 Å². The molecule has 3 aromatic rings. The number of alkyl halides is 3. The van der Waals surface area contributed by atoms with Crippen LogP contribution in [-0.4, -0.2) is 31.0 Å². The number of anilines is 1. The van der Waals surface area contributed by atoms with Gasteiger partial charge >= 0.3 is 6.18 Å². The van der Waals surface area contributed by atoms with Gasteiger partial charge in [0.25, 0.3) is 11.7 Å². The topological polar surface area (TPSA) is 76.1 Å². The molecule has 1 heterocycles. The van der Waals surface area contributed by atoms with Gasteiger partial charge in [0.1, 0.15) is 5.76 Å². The number of rotatable bonds is 5. The standard InChI is InChI=1S/C26H19ClF3NO5/c1-35-19-11-8-15(12-20(19)36-2)22-21(23(32)14-6-9-17(27)10-7-14)24(33)25(34)31(22)18-5-3-4-16(13-18)26(28,29)30/h3-13,22,32H,1-2H3/b23-21-. The first kappa shape index (κ1) is 25.1. The van der Waals surface area contributed by atoms with Crippen LogP contribution in [0.15, 0.2) is 72.3 Å². The molecule has 10 heteroatoms. The van der Waals surface area contributed by atoms with Crippen molar-refractivity contribution in [1.82, 2.24) is 0 Å². The summed E-state index contributed by atoms with van der Waals surface area (Å²) in [7, 11) is 2.81. The molecule has 1 aliphatic rings. The summed E-state index contributed by atoms with van der Waals surface area (Å²) in [5.41, 5.74) is -0.953. The Kier molecular flexibility index (Phi) is 6.69. The minimum absolute atomic E-state index is 0.165. The molecule has 1 aliphatic heterocycles. The van der Waals surface area contributed by atoms with Crippen molar-refractivity contribution in [2.75, 3.05) is 19.1 Å². The van der Waals surface area contributed by atoms with E-state index in [1.807, 2.05) is 0 Å². The molecule has 1 N–H and O–H groups in total. The summed E-state index contributed by atoms with van der Waals surface area (Å²) in [6.07, 6.45) is -4.67. The number of hydrogen-bond acceptors (Lipinski definition) is 5. The summed E-state index contributed by atoms with van der Waals surface area (Å²) < 4.78 is 50.9. The van der Waals surface area contributed by atoms with Gasteiger partial charge in [-0.2, -0.15) is 13.2 Å². The quantitative estimate of drug-likeness (QED) is 0.255. The fourth-order valence-corrected chi connectivity index (χ4v) is 4.16. The Labute approximate surface area is 209 Å². The minimum atomic E-state index is -4.67. The Morgan fingerprint density at radius 3 is 2.22 bits per heavy atom. The average Bonchev–Trinajstić information content (AvgIpc) is 3.13. The summed E-state index contributed by atoms with van der Waals surface area (Å²) in [5.74, 6) is -2.03. The smallest absolute Gasteiger partial charge is 0.416 e. The van der Waals surface area contributed by atoms with Crippen LogP contribution in [0.1, 0.15) is 22.7 Å². The Balaban J connectivity index is 1.97. The number of nitrogens with zero attached hydrogens (tertiary/aromatic N) is 1. The number of methoxy groups -OCH3 is 2. The molecular weight excluding hydrogens is 499 g/mol. The molecule has 0 saturated carbocycles. The molecule has 0 spiro atoms. The van der Waals surface area contributed by atoms with Gasteiger partial charge in [0.05, 0.1) is 31.4 Å². The third-order valence-corrected chi connectivity index (χ3v) is 5.99. The summed E-state index contributed by atoms with van der Waals surface area (Å²) in [5, 5.41) is 11.5. The maximum atomic E-state index is 13.4. The highest BCUT2D eigenvalue weighted by molar-refractivity contribution is 6.51. The van der Waals surface area contributed by atoms with Gasteiger partial charge in [0.15, 0.2) is 11.5 Å². The lowest BCUT2D eigenvalue weighted by Crippen LogP contribution is -2.29. The van der Waals surface area contributed by atoms with Crippen molar-refractivity contribution in [3.05, 3.63) is 94.0 Å². The first-order valence-electron chi connectivity index (χ1n) is 10.5. The van der Waals surface area contributed by atoms with Crippen LogP contribution in [0.5, 0.6) is 11.5 Å². The number of aliphatic hydroxyl groups is 1. The van der Waals surface area contributed by atoms with E-state index in [4.69, 9.17) is 21.1 Å². The normalized spacial score (nSPS) is 17.4. The maximum Gasteiger partial charge on any atom is 0.416 e. The third-order valence-electron chi connectivity index (χ3n) is 5.74. The number of carbonyl (C=O) groups excluding carboxylic acids is 2. The fourth-order valence-electron chi connectivity index (χ4n) is 4.03. The predicted octanol–water partition coefficient (Wildman–Crippen LogP) is 6.00. The lowest BCUT2D eigenvalue weighted by Gasteiger charge is -2.26. The molecule has 0 aromatic heterocycles. The molecule has 1 unspecified atom stereocenters. The van der Waals surface area contributed by atoms with Gasteiger partial charge in [-0.05, 0) is 60.2 Å². The highest BCUT2D eigenvalue weighted by atomic mass is 35.5. The van der Waals surface area contributed by atoms with Gasteiger partial charge in [-0.1, -0.05) is 23.7 Å². The Morgan fingerprint density at radius 1 is 0.944 bits per heavy atom. The second kappa shape index (κ2) is 9.58. The van der Waals surface area contributed by atoms with E-state index in [-0.39, 0.29) is 22.6 Å². The maximum absolute atomic E-state index is 13.4. The van der Waals surface area contributed by atoms with Crippen molar-refractivity contribution in [3.8, 4) is 11.5 Å². The monoisotopic (exact) mass is 517 g/mol. The number of halogens is 4. The summed E-state index contributed by atoms with van der Waals surface area (Å²) >= 11 is 5.92. The molecule has 0 bridgehead atoms. The molecule has 1 saturated heterocycles. The number of Topliss-reactive ketones (excluding diaryl/α,β-unsaturated/α-hetero) is 1. The number of benzene rings is 3. The van der Waals surface area contributed by atoms with Crippen LogP contribution in [0.2, 0.25) is 5.02 Å². The van der Waals surface area contributed by atoms with Gasteiger partial charge < -0.3 is 14.6 Å². The van der Waals surface area contributed by atoms with E-state index in [1.54, 1.807) is 0 Å². The SMILES string of the molecule is COc1ccc(C2/C(=C(/O)c3ccc(Cl)cc3)C(=O)C(=O)N2c2cccc(C(F)(F)F)c2)cc1OC. The second-order valence-electron chi connectivity index (χ2n) is 7.84. The van der Waals surface area contributed by atoms with Crippen molar-refractivity contribution < 1.29 is 37.3 Å². The number of amides is 1. The van der Waals surface area contributed by atoms with Crippen LogP contribution >= 0.6 is 11.6 Å². The first-order chi connectivity index (χ1) is 17.1. The fraction of sp³-hybridized carbons (Fsp3) is 0.154. The molecule has 3 aromatic carbocycles. The van der Waals surface area contributed by atoms with Crippen LogP contribution < -0.4 is 14.4 Å². The molecule has 36 heavy (non-hydrogen) atoms. The number of aliphatic hydroxyl groups excluding tert-OH is 1. The van der Waals surface area contributed by atoms with Gasteiger partial charge in [0, 0.05) is 16.3 Å². The number of carbonyl (C=O) groups is 2. The largest absolute Gasteiger partial charge is 0.507 e. The van der Waals surface area contributed by atoms with E-state index < -0.39 is 35.2 Å². The second-order valence-corrected chi connectivity index (χ2v) is 8.27. The van der Waals surface area contributed by atoms with Gasteiger partial charge in [-0.25, -0.2) is 0 Å². The zero-order valence-electron chi connectivity index (χ0n) is 19.0. The molecule has 1 atom stereocenters. The zero-order chi connectivity index (χ0) is 26.2. The van der Waals surface area contributed by atoms with E-state index in [1.165, 1.54) is 62.8 Å². The van der Waals surface area contributed by atoms with E-state index >= 15 is 0 Å². The highest BCUT2D eigenvalue weighted by Gasteiger charge is 2.47. The molecule has 4 rings (SSSR count). The van der Waals surface area contributed by atoms with E-state index in [0.717, 1.165) is 23.1 Å². The number of ketones is 1. The average molecular weight is 518 g/mol. The minimum Gasteiger partial charge on any atom is -0.507 e. The third kappa shape index (κ3) is 4.49. The summed E-state index contributed by atoms with van der Waals surface area (Å²) in [6, 6.07) is 13.3. The molecule has 0 aliphatic carbocycles. The van der Waals surface area contributed by atoms with Crippen molar-refractivity contribution in [2.24, 2.45) is 0 Å². The lowest BCUT2D eigenvalue weighted by molar-refractivity contribution is -0.137. The molecule has 1 amide bonds. The number of hydrogen-bond donors (Lipinski definition) is 1. The summed E-state index contributed by atoms with van der Waals surface area (Å²) in [6.45, 7) is 0. The van der Waals surface area contributed by atoms with Crippen molar-refractivity contribution in [3.63, 3.8) is 0 Å². The molecule has 6 nitrogen and oxygen atoms in total. The first-order valence-corrected chi connectivity index (χ1v) is 10.9. The number of ether oxygens (including phenoxy) is 2. The zero-order valence-corrected chi connectivity index (χ0v) is 19.7. The Bertz CT molecular complexity index is 1370. The summed E-state index contributed by atoms with van der Waals surface area (Å²) in [4.78, 5) is 27.3.